The molecule has 32 heavy (non-hydrogen) atoms. The number of carbonyl (C=O) groups excluding carboxylic acids is 2. The van der Waals surface area contributed by atoms with E-state index in [1.54, 1.807) is 13.2 Å². The third-order valence-corrected chi connectivity index (χ3v) is 6.66. The first-order valence-corrected chi connectivity index (χ1v) is 11.6. The van der Waals surface area contributed by atoms with Gasteiger partial charge in [0.15, 0.2) is 5.17 Å². The molecule has 1 atom stereocenters. The van der Waals surface area contributed by atoms with E-state index in [4.69, 9.17) is 9.47 Å². The van der Waals surface area contributed by atoms with Gasteiger partial charge in [-0.05, 0) is 42.9 Å². The van der Waals surface area contributed by atoms with Crippen molar-refractivity contribution in [3.8, 4) is 5.75 Å². The first kappa shape index (κ1) is 22.2. The summed E-state index contributed by atoms with van der Waals surface area (Å²) in [4.78, 5) is 34.5. The summed E-state index contributed by atoms with van der Waals surface area (Å²) in [5.74, 6) is 0.394. The molecule has 168 valence electrons. The minimum absolute atomic E-state index is 0.103. The fourth-order valence-electron chi connectivity index (χ4n) is 4.18. The minimum atomic E-state index is -0.446. The lowest BCUT2D eigenvalue weighted by Crippen LogP contribution is -2.38. The first-order valence-electron chi connectivity index (χ1n) is 10.7. The lowest BCUT2D eigenvalue weighted by Gasteiger charge is -2.36. The summed E-state index contributed by atoms with van der Waals surface area (Å²) >= 11 is 1.48. The molecule has 1 saturated heterocycles. The zero-order valence-electron chi connectivity index (χ0n) is 18.4. The highest BCUT2D eigenvalue weighted by atomic mass is 32.2. The molecule has 7 nitrogen and oxygen atoms in total. The van der Waals surface area contributed by atoms with Crippen molar-refractivity contribution in [1.29, 1.82) is 0 Å². The van der Waals surface area contributed by atoms with E-state index in [1.165, 1.54) is 11.8 Å². The summed E-state index contributed by atoms with van der Waals surface area (Å²) in [6.07, 6.45) is 3.91. The third-order valence-electron chi connectivity index (χ3n) is 5.78. The van der Waals surface area contributed by atoms with Crippen LogP contribution in [0.2, 0.25) is 0 Å². The van der Waals surface area contributed by atoms with E-state index in [0.717, 1.165) is 48.1 Å². The maximum atomic E-state index is 13.1. The quantitative estimate of drug-likeness (QED) is 0.459. The van der Waals surface area contributed by atoms with Crippen LogP contribution in [0.4, 0.5) is 0 Å². The zero-order valence-corrected chi connectivity index (χ0v) is 19.2. The summed E-state index contributed by atoms with van der Waals surface area (Å²) in [7, 11) is 1.62. The summed E-state index contributed by atoms with van der Waals surface area (Å²) in [6, 6.07) is 7.15. The van der Waals surface area contributed by atoms with Crippen molar-refractivity contribution in [3.05, 3.63) is 64.9 Å². The van der Waals surface area contributed by atoms with Gasteiger partial charge in [-0.25, -0.2) is 9.79 Å². The maximum absolute atomic E-state index is 13.1. The van der Waals surface area contributed by atoms with Crippen LogP contribution in [0, 0.1) is 0 Å². The molecule has 4 rings (SSSR count). The van der Waals surface area contributed by atoms with Gasteiger partial charge < -0.3 is 19.3 Å². The number of benzene rings is 1. The zero-order chi connectivity index (χ0) is 22.7. The van der Waals surface area contributed by atoms with E-state index in [2.05, 4.69) is 11.6 Å². The lowest BCUT2D eigenvalue weighted by molar-refractivity contribution is -0.138. The Bertz CT molecular complexity index is 1010. The van der Waals surface area contributed by atoms with Gasteiger partial charge in [0.25, 0.3) is 0 Å². The topological polar surface area (TPSA) is 71.4 Å². The van der Waals surface area contributed by atoms with Crippen LogP contribution in [0.25, 0.3) is 0 Å². The molecule has 0 radical (unpaired) electrons. The maximum Gasteiger partial charge on any atom is 0.338 e. The standard InChI is InChI=1S/C24H27N3O4S/c1-4-13-31-23(29)21-16(2)25-24-27(22(21)17-7-9-19(30-3)10-8-17)18(15-32-24)14-20(28)26-11-5-6-12-26/h4,7-10,15,22H,1,5-6,11-14H2,2-3H3. The van der Waals surface area contributed by atoms with Gasteiger partial charge in [-0.2, -0.15) is 0 Å². The van der Waals surface area contributed by atoms with Crippen molar-refractivity contribution in [2.24, 2.45) is 4.99 Å². The Kier molecular flexibility index (Phi) is 6.69. The highest BCUT2D eigenvalue weighted by Crippen LogP contribution is 2.45. The molecular formula is C24H27N3O4S. The molecule has 8 heteroatoms. The van der Waals surface area contributed by atoms with E-state index >= 15 is 0 Å². The lowest BCUT2D eigenvalue weighted by atomic mass is 9.93. The van der Waals surface area contributed by atoms with Crippen LogP contribution in [0.3, 0.4) is 0 Å². The molecule has 0 saturated carbocycles. The molecule has 3 aliphatic rings. The molecule has 1 fully saturated rings. The van der Waals surface area contributed by atoms with E-state index in [-0.39, 0.29) is 18.9 Å². The van der Waals surface area contributed by atoms with Crippen LogP contribution in [0.5, 0.6) is 5.75 Å². The van der Waals surface area contributed by atoms with Gasteiger partial charge in [-0.1, -0.05) is 36.5 Å². The van der Waals surface area contributed by atoms with Crippen LogP contribution in [0.15, 0.2) is 64.3 Å². The van der Waals surface area contributed by atoms with Crippen LogP contribution in [-0.4, -0.2) is 53.7 Å². The summed E-state index contributed by atoms with van der Waals surface area (Å²) < 4.78 is 10.7. The van der Waals surface area contributed by atoms with Gasteiger partial charge in [0.1, 0.15) is 12.4 Å². The Labute approximate surface area is 192 Å². The van der Waals surface area contributed by atoms with Gasteiger partial charge in [-0.3, -0.25) is 4.79 Å². The van der Waals surface area contributed by atoms with E-state index in [9.17, 15) is 9.59 Å². The summed E-state index contributed by atoms with van der Waals surface area (Å²) in [5, 5.41) is 2.72. The molecule has 1 aromatic rings. The normalized spacial score (nSPS) is 20.0. The first-order chi connectivity index (χ1) is 15.5. The van der Waals surface area contributed by atoms with Crippen molar-refractivity contribution < 1.29 is 19.1 Å². The van der Waals surface area contributed by atoms with Gasteiger partial charge in [0.2, 0.25) is 5.91 Å². The van der Waals surface area contributed by atoms with Crippen molar-refractivity contribution in [2.45, 2.75) is 32.2 Å². The number of methoxy groups -OCH3 is 1. The van der Waals surface area contributed by atoms with Gasteiger partial charge in [-0.15, -0.1) is 0 Å². The Hall–Kier alpha value is -3.00. The third kappa shape index (κ3) is 4.32. The summed E-state index contributed by atoms with van der Waals surface area (Å²) in [5.41, 5.74) is 2.81. The molecule has 1 amide bonds. The number of aliphatic imine (C=N–C) groups is 1. The molecule has 1 unspecified atom stereocenters. The van der Waals surface area contributed by atoms with Crippen LogP contribution >= 0.6 is 11.8 Å². The Balaban J connectivity index is 1.70. The molecule has 3 aliphatic heterocycles. The highest BCUT2D eigenvalue weighted by molar-refractivity contribution is 8.16. The second-order valence-corrected chi connectivity index (χ2v) is 8.65. The Morgan fingerprint density at radius 3 is 2.62 bits per heavy atom. The van der Waals surface area contributed by atoms with Crippen molar-refractivity contribution in [2.75, 3.05) is 26.8 Å². The molecule has 1 aromatic carbocycles. The van der Waals surface area contributed by atoms with E-state index in [0.29, 0.717) is 11.3 Å². The fraction of sp³-hybridized carbons (Fsp3) is 0.375. The fourth-order valence-corrected chi connectivity index (χ4v) is 5.14. The van der Waals surface area contributed by atoms with Gasteiger partial charge in [0, 0.05) is 18.8 Å². The number of thioether (sulfide) groups is 1. The van der Waals surface area contributed by atoms with Crippen LogP contribution in [0.1, 0.15) is 37.8 Å². The van der Waals surface area contributed by atoms with Crippen LogP contribution in [-0.2, 0) is 14.3 Å². The second kappa shape index (κ2) is 9.65. The van der Waals surface area contributed by atoms with E-state index < -0.39 is 12.0 Å². The monoisotopic (exact) mass is 453 g/mol. The number of hydrogen-bond acceptors (Lipinski definition) is 7. The number of hydrogen-bond donors (Lipinski definition) is 0. The van der Waals surface area contributed by atoms with Gasteiger partial charge in [0.05, 0.1) is 30.8 Å². The number of ether oxygens (including phenoxy) is 2. The number of rotatable bonds is 7. The Morgan fingerprint density at radius 2 is 1.97 bits per heavy atom. The van der Waals surface area contributed by atoms with Gasteiger partial charge >= 0.3 is 5.97 Å². The molecule has 0 bridgehead atoms. The highest BCUT2D eigenvalue weighted by Gasteiger charge is 2.41. The summed E-state index contributed by atoms with van der Waals surface area (Å²) in [6.45, 7) is 7.18. The predicted octanol–water partition coefficient (Wildman–Crippen LogP) is 4.01. The van der Waals surface area contributed by atoms with Crippen molar-refractivity contribution in [3.63, 3.8) is 0 Å². The second-order valence-electron chi connectivity index (χ2n) is 7.82. The number of carbonyl (C=O) groups is 2. The molecular weight excluding hydrogens is 426 g/mol. The largest absolute Gasteiger partial charge is 0.497 e. The number of nitrogens with zero attached hydrogens (tertiary/aromatic N) is 3. The number of amides is 1. The molecule has 0 spiro atoms. The molecule has 0 N–H and O–H groups in total. The predicted molar refractivity (Wildman–Crippen MR) is 125 cm³/mol. The smallest absolute Gasteiger partial charge is 0.338 e. The average molecular weight is 454 g/mol. The number of fused-ring (bicyclic) bond motifs is 1. The number of esters is 1. The van der Waals surface area contributed by atoms with Crippen LogP contribution < -0.4 is 4.74 Å². The van der Waals surface area contributed by atoms with E-state index in [1.807, 2.05) is 46.4 Å². The minimum Gasteiger partial charge on any atom is -0.497 e. The number of likely N-dealkylation sites (tertiary alicyclic amines) is 1. The molecule has 0 aliphatic carbocycles. The SMILES string of the molecule is C=CCOC(=O)C1=C(C)N=C2SC=C(CC(=O)N3CCCC3)N2C1c1ccc(OC)cc1. The van der Waals surface area contributed by atoms with Crippen molar-refractivity contribution in [1.82, 2.24) is 9.80 Å². The van der Waals surface area contributed by atoms with Crippen molar-refractivity contribution >= 4 is 28.8 Å². The Morgan fingerprint density at radius 1 is 1.25 bits per heavy atom. The average Bonchev–Trinajstić information content (AvgIpc) is 3.47. The molecule has 3 heterocycles. The number of allylic oxidation sites excluding steroid dienone is 1. The number of amidine groups is 1. The molecule has 0 aromatic heterocycles.